The van der Waals surface area contributed by atoms with E-state index in [2.05, 4.69) is 20.9 Å². The molecule has 9 N–H and O–H groups in total. The van der Waals surface area contributed by atoms with Crippen LogP contribution in [0.5, 0.6) is 5.75 Å². The predicted molar refractivity (Wildman–Crippen MR) is 172 cm³/mol. The first kappa shape index (κ1) is 34.2. The Bertz CT molecular complexity index is 1710. The number of carbonyl (C=O) groups is 5. The van der Waals surface area contributed by atoms with Crippen LogP contribution in [0.4, 0.5) is 0 Å². The van der Waals surface area contributed by atoms with E-state index in [9.17, 15) is 39.3 Å². The Morgan fingerprint density at radius 2 is 1.28 bits per heavy atom. The van der Waals surface area contributed by atoms with Gasteiger partial charge in [-0.25, -0.2) is 4.79 Å². The molecule has 0 fully saturated rings. The first-order valence-electron chi connectivity index (χ1n) is 15.0. The second-order valence-electron chi connectivity index (χ2n) is 11.2. The predicted octanol–water partition coefficient (Wildman–Crippen LogP) is 1.63. The maximum atomic E-state index is 13.6. The van der Waals surface area contributed by atoms with Crippen molar-refractivity contribution < 1.29 is 39.3 Å². The topological polar surface area (TPSA) is 224 Å². The van der Waals surface area contributed by atoms with Gasteiger partial charge in [0.15, 0.2) is 0 Å². The van der Waals surface area contributed by atoms with Crippen molar-refractivity contribution in [2.24, 2.45) is 5.73 Å². The Balaban J connectivity index is 1.53. The number of H-pyrrole nitrogens is 1. The molecular weight excluding hydrogens is 606 g/mol. The van der Waals surface area contributed by atoms with Crippen LogP contribution in [0, 0.1) is 0 Å². The molecule has 4 rings (SSSR count). The van der Waals surface area contributed by atoms with Crippen molar-refractivity contribution >= 4 is 40.6 Å². The summed E-state index contributed by atoms with van der Waals surface area (Å²) in [4.78, 5) is 66.9. The molecule has 0 saturated heterocycles. The van der Waals surface area contributed by atoms with Crippen LogP contribution >= 0.6 is 0 Å². The fourth-order valence-electron chi connectivity index (χ4n) is 5.12. The van der Waals surface area contributed by atoms with Gasteiger partial charge in [-0.05, 0) is 47.7 Å². The van der Waals surface area contributed by atoms with Crippen LogP contribution in [-0.4, -0.2) is 74.1 Å². The first-order valence-corrected chi connectivity index (χ1v) is 15.0. The van der Waals surface area contributed by atoms with E-state index < -0.39 is 60.2 Å². The number of nitrogens with one attached hydrogen (secondary N) is 4. The molecule has 4 aromatic rings. The molecule has 4 atom stereocenters. The van der Waals surface area contributed by atoms with Gasteiger partial charge < -0.3 is 42.0 Å². The summed E-state index contributed by atoms with van der Waals surface area (Å²) in [5, 5.41) is 37.4. The molecule has 13 heteroatoms. The van der Waals surface area contributed by atoms with Gasteiger partial charge in [-0.1, -0.05) is 60.7 Å². The molecular formula is C34H37N5O8. The average Bonchev–Trinajstić information content (AvgIpc) is 3.46. The first-order chi connectivity index (χ1) is 22.5. The average molecular weight is 644 g/mol. The van der Waals surface area contributed by atoms with Crippen molar-refractivity contribution in [1.82, 2.24) is 20.9 Å². The molecule has 13 nitrogen and oxygen atoms in total. The van der Waals surface area contributed by atoms with Gasteiger partial charge in [0.2, 0.25) is 17.7 Å². The van der Waals surface area contributed by atoms with E-state index in [1.54, 1.807) is 30.5 Å². The highest BCUT2D eigenvalue weighted by Gasteiger charge is 2.31. The fourth-order valence-corrected chi connectivity index (χ4v) is 5.12. The number of carboxylic acids is 2. The number of aromatic hydroxyl groups is 1. The van der Waals surface area contributed by atoms with Crippen LogP contribution < -0.4 is 21.7 Å². The van der Waals surface area contributed by atoms with Crippen LogP contribution in [-0.2, 0) is 43.2 Å². The molecule has 4 unspecified atom stereocenters. The third kappa shape index (κ3) is 9.90. The Labute approximate surface area is 270 Å². The van der Waals surface area contributed by atoms with E-state index in [1.165, 1.54) is 24.3 Å². The smallest absolute Gasteiger partial charge is 0.326 e. The van der Waals surface area contributed by atoms with Crippen LogP contribution in [0.3, 0.4) is 0 Å². The molecule has 246 valence electrons. The maximum absolute atomic E-state index is 13.6. The molecule has 0 radical (unpaired) electrons. The maximum Gasteiger partial charge on any atom is 0.326 e. The van der Waals surface area contributed by atoms with Crippen molar-refractivity contribution in [2.45, 2.75) is 56.3 Å². The molecule has 1 heterocycles. The third-order valence-corrected chi connectivity index (χ3v) is 7.64. The lowest BCUT2D eigenvalue weighted by Gasteiger charge is -2.25. The van der Waals surface area contributed by atoms with Gasteiger partial charge >= 0.3 is 11.9 Å². The third-order valence-electron chi connectivity index (χ3n) is 7.64. The van der Waals surface area contributed by atoms with Gasteiger partial charge in [0.25, 0.3) is 0 Å². The summed E-state index contributed by atoms with van der Waals surface area (Å²) in [5.41, 5.74) is 8.87. The van der Waals surface area contributed by atoms with E-state index in [4.69, 9.17) is 5.73 Å². The summed E-state index contributed by atoms with van der Waals surface area (Å²) in [6.07, 6.45) is 0.912. The lowest BCUT2D eigenvalue weighted by Crippen LogP contribution is -2.58. The summed E-state index contributed by atoms with van der Waals surface area (Å²) < 4.78 is 0. The number of aromatic amines is 1. The zero-order chi connectivity index (χ0) is 33.9. The zero-order valence-electron chi connectivity index (χ0n) is 25.4. The van der Waals surface area contributed by atoms with E-state index in [-0.39, 0.29) is 31.4 Å². The summed E-state index contributed by atoms with van der Waals surface area (Å²) in [7, 11) is 0. The largest absolute Gasteiger partial charge is 0.508 e. The number of amides is 3. The van der Waals surface area contributed by atoms with Crippen molar-refractivity contribution in [2.75, 3.05) is 0 Å². The summed E-state index contributed by atoms with van der Waals surface area (Å²) in [6.45, 7) is 0. The monoisotopic (exact) mass is 643 g/mol. The number of hydrogen-bond acceptors (Lipinski definition) is 7. The Kier molecular flexibility index (Phi) is 11.7. The van der Waals surface area contributed by atoms with Gasteiger partial charge in [-0.2, -0.15) is 0 Å². The minimum atomic E-state index is -1.36. The number of aliphatic carboxylic acids is 2. The molecule has 0 aliphatic rings. The highest BCUT2D eigenvalue weighted by Crippen LogP contribution is 2.19. The number of hydrogen-bond donors (Lipinski definition) is 8. The molecule has 0 saturated carbocycles. The number of aromatic nitrogens is 1. The van der Waals surface area contributed by atoms with Crippen molar-refractivity contribution in [3.05, 3.63) is 102 Å². The number of nitrogens with two attached hydrogens (primary N) is 1. The quantitative estimate of drug-likeness (QED) is 0.0887. The Morgan fingerprint density at radius 3 is 1.96 bits per heavy atom. The molecule has 3 aromatic carbocycles. The van der Waals surface area contributed by atoms with Crippen molar-refractivity contribution in [3.63, 3.8) is 0 Å². The normalized spacial score (nSPS) is 13.6. The van der Waals surface area contributed by atoms with Gasteiger partial charge in [-0.15, -0.1) is 0 Å². The highest BCUT2D eigenvalue weighted by molar-refractivity contribution is 5.94. The molecule has 0 bridgehead atoms. The molecule has 1 aromatic heterocycles. The van der Waals surface area contributed by atoms with E-state index in [0.717, 1.165) is 16.5 Å². The van der Waals surface area contributed by atoms with Crippen LogP contribution in [0.2, 0.25) is 0 Å². The molecule has 0 aliphatic carbocycles. The van der Waals surface area contributed by atoms with Gasteiger partial charge in [-0.3, -0.25) is 19.2 Å². The Morgan fingerprint density at radius 1 is 0.681 bits per heavy atom. The van der Waals surface area contributed by atoms with Crippen molar-refractivity contribution in [3.8, 4) is 5.75 Å². The molecule has 47 heavy (non-hydrogen) atoms. The number of phenols is 1. The molecule has 0 aliphatic heterocycles. The van der Waals surface area contributed by atoms with E-state index in [0.29, 0.717) is 11.1 Å². The second-order valence-corrected chi connectivity index (χ2v) is 11.2. The lowest BCUT2D eigenvalue weighted by atomic mass is 10.0. The number of rotatable bonds is 16. The minimum Gasteiger partial charge on any atom is -0.508 e. The molecule has 0 spiro atoms. The summed E-state index contributed by atoms with van der Waals surface area (Å²) >= 11 is 0. The standard InChI is InChI=1S/C34H37N5O8/c35-25(16-20-6-2-1-3-7-20)31(43)37-27(14-15-30(41)42)32(44)38-28(17-21-10-12-23(40)13-11-21)33(45)39-29(34(46)47)18-22-19-36-26-9-5-4-8-24(22)26/h1-13,19,25,27-29,36,40H,14-18,35H2,(H,37,43)(H,38,44)(H,39,45)(H,41,42)(H,46,47). The summed E-state index contributed by atoms with van der Waals surface area (Å²) in [5.74, 6) is -4.88. The number of carbonyl (C=O) groups excluding carboxylic acids is 3. The Hall–Kier alpha value is -5.69. The van der Waals surface area contributed by atoms with Gasteiger partial charge in [0.05, 0.1) is 6.04 Å². The molecule has 3 amide bonds. The summed E-state index contributed by atoms with van der Waals surface area (Å²) in [6, 6.07) is 17.0. The number of fused-ring (bicyclic) bond motifs is 1. The lowest BCUT2D eigenvalue weighted by molar-refractivity contribution is -0.142. The SMILES string of the molecule is NC(Cc1ccccc1)C(=O)NC(CCC(=O)O)C(=O)NC(Cc1ccc(O)cc1)C(=O)NC(Cc1c[nH]c2ccccc12)C(=O)O. The van der Waals surface area contributed by atoms with E-state index in [1.807, 2.05) is 30.3 Å². The van der Waals surface area contributed by atoms with Crippen LogP contribution in [0.25, 0.3) is 10.9 Å². The fraction of sp³-hybridized carbons (Fsp3) is 0.265. The number of phenolic OH excluding ortho intramolecular Hbond substituents is 1. The zero-order valence-corrected chi connectivity index (χ0v) is 25.4. The van der Waals surface area contributed by atoms with Gasteiger partial charge in [0, 0.05) is 36.4 Å². The second kappa shape index (κ2) is 16.0. The van der Waals surface area contributed by atoms with Crippen molar-refractivity contribution in [1.29, 1.82) is 0 Å². The van der Waals surface area contributed by atoms with Crippen LogP contribution in [0.15, 0.2) is 85.1 Å². The highest BCUT2D eigenvalue weighted by atomic mass is 16.4. The minimum absolute atomic E-state index is 0.0215. The van der Waals surface area contributed by atoms with E-state index >= 15 is 0 Å². The van der Waals surface area contributed by atoms with Gasteiger partial charge in [0.1, 0.15) is 23.9 Å². The van der Waals surface area contributed by atoms with Crippen LogP contribution in [0.1, 0.15) is 29.5 Å². The number of carboxylic acid groups (broad SMARTS) is 2. The number of para-hydroxylation sites is 1. The number of benzene rings is 3.